The van der Waals surface area contributed by atoms with Gasteiger partial charge in [0.2, 0.25) is 5.91 Å². The van der Waals surface area contributed by atoms with Gasteiger partial charge in [-0.2, -0.15) is 4.31 Å². The first-order valence-electron chi connectivity index (χ1n) is 10.5. The Hall–Kier alpha value is -2.27. The molecule has 1 N–H and O–H groups in total. The van der Waals surface area contributed by atoms with Gasteiger partial charge >= 0.3 is 0 Å². The average molecular weight is 492 g/mol. The molecule has 0 saturated carbocycles. The van der Waals surface area contributed by atoms with Crippen molar-refractivity contribution in [1.82, 2.24) is 9.29 Å². The first-order valence-corrected chi connectivity index (χ1v) is 13.7. The molecule has 1 unspecified atom stereocenters. The Morgan fingerprint density at radius 2 is 2.03 bits per heavy atom. The van der Waals surface area contributed by atoms with Crippen molar-refractivity contribution in [1.29, 1.82) is 0 Å². The van der Waals surface area contributed by atoms with E-state index in [4.69, 9.17) is 4.74 Å². The van der Waals surface area contributed by atoms with Gasteiger partial charge in [-0.25, -0.2) is 13.4 Å². The number of amides is 1. The van der Waals surface area contributed by atoms with E-state index in [1.807, 2.05) is 29.6 Å². The van der Waals surface area contributed by atoms with Crippen molar-refractivity contribution in [3.05, 3.63) is 47.2 Å². The second kappa shape index (κ2) is 10.1. The maximum Gasteiger partial charge on any atom is 0.253 e. The largest absolute Gasteiger partial charge is 0.494 e. The highest BCUT2D eigenvalue weighted by atomic mass is 32.2. The molecule has 10 heteroatoms. The smallest absolute Gasteiger partial charge is 0.253 e. The van der Waals surface area contributed by atoms with Gasteiger partial charge in [-0.05, 0) is 55.0 Å². The summed E-state index contributed by atoms with van der Waals surface area (Å²) in [7, 11) is -3.69. The summed E-state index contributed by atoms with van der Waals surface area (Å²) >= 11 is 2.49. The molecule has 0 bridgehead atoms. The summed E-state index contributed by atoms with van der Waals surface area (Å²) in [4.78, 5) is 17.5. The van der Waals surface area contributed by atoms with Crippen LogP contribution in [0.25, 0.3) is 11.3 Å². The average Bonchev–Trinajstić information content (AvgIpc) is 3.51. The van der Waals surface area contributed by atoms with Crippen LogP contribution in [0.4, 0.5) is 5.13 Å². The highest BCUT2D eigenvalue weighted by Crippen LogP contribution is 2.30. The van der Waals surface area contributed by atoms with E-state index < -0.39 is 16.1 Å². The summed E-state index contributed by atoms with van der Waals surface area (Å²) < 4.78 is 33.3. The van der Waals surface area contributed by atoms with Crippen LogP contribution in [0.5, 0.6) is 5.75 Å². The Morgan fingerprint density at radius 3 is 2.75 bits per heavy atom. The second-order valence-electron chi connectivity index (χ2n) is 7.46. The SMILES string of the molecule is CCCOc1ccc(-c2csc(NC(=O)C3CCCCN3S(=O)(=O)c3cccs3)n2)cc1. The van der Waals surface area contributed by atoms with Gasteiger partial charge in [-0.15, -0.1) is 22.7 Å². The lowest BCUT2D eigenvalue weighted by Crippen LogP contribution is -2.49. The van der Waals surface area contributed by atoms with Crippen molar-refractivity contribution in [2.45, 2.75) is 42.9 Å². The lowest BCUT2D eigenvalue weighted by molar-refractivity contribution is -0.120. The number of sulfonamides is 1. The van der Waals surface area contributed by atoms with Crippen LogP contribution in [0.1, 0.15) is 32.6 Å². The predicted octanol–water partition coefficient (Wildman–Crippen LogP) is 4.84. The van der Waals surface area contributed by atoms with Gasteiger partial charge in [0.1, 0.15) is 16.0 Å². The van der Waals surface area contributed by atoms with Crippen LogP contribution in [-0.2, 0) is 14.8 Å². The predicted molar refractivity (Wildman–Crippen MR) is 128 cm³/mol. The van der Waals surface area contributed by atoms with E-state index >= 15 is 0 Å². The Bertz CT molecular complexity index is 1140. The normalized spacial score (nSPS) is 17.2. The quantitative estimate of drug-likeness (QED) is 0.487. The summed E-state index contributed by atoms with van der Waals surface area (Å²) in [5.41, 5.74) is 1.67. The van der Waals surface area contributed by atoms with E-state index in [9.17, 15) is 13.2 Å². The number of nitrogens with zero attached hydrogens (tertiary/aromatic N) is 2. The van der Waals surface area contributed by atoms with E-state index in [1.165, 1.54) is 27.0 Å². The van der Waals surface area contributed by atoms with Crippen molar-refractivity contribution in [2.24, 2.45) is 0 Å². The zero-order valence-corrected chi connectivity index (χ0v) is 20.1. The molecule has 0 radical (unpaired) electrons. The molecule has 7 nitrogen and oxygen atoms in total. The molecule has 170 valence electrons. The zero-order valence-electron chi connectivity index (χ0n) is 17.7. The van der Waals surface area contributed by atoms with Crippen LogP contribution >= 0.6 is 22.7 Å². The van der Waals surface area contributed by atoms with Crippen LogP contribution in [0.15, 0.2) is 51.4 Å². The molecular weight excluding hydrogens is 466 g/mol. The van der Waals surface area contributed by atoms with Gasteiger partial charge in [0.15, 0.2) is 5.13 Å². The van der Waals surface area contributed by atoms with Crippen molar-refractivity contribution >= 4 is 43.7 Å². The van der Waals surface area contributed by atoms with E-state index in [1.54, 1.807) is 17.5 Å². The van der Waals surface area contributed by atoms with E-state index in [2.05, 4.69) is 17.2 Å². The van der Waals surface area contributed by atoms with Crippen LogP contribution < -0.4 is 10.1 Å². The highest BCUT2D eigenvalue weighted by Gasteiger charge is 2.38. The number of nitrogens with one attached hydrogen (secondary N) is 1. The van der Waals surface area contributed by atoms with E-state index in [-0.39, 0.29) is 10.1 Å². The van der Waals surface area contributed by atoms with Crippen LogP contribution in [0.3, 0.4) is 0 Å². The fourth-order valence-electron chi connectivity index (χ4n) is 3.57. The zero-order chi connectivity index (χ0) is 22.6. The van der Waals surface area contributed by atoms with E-state index in [0.29, 0.717) is 24.7 Å². The minimum atomic E-state index is -3.69. The summed E-state index contributed by atoms with van der Waals surface area (Å²) in [6.45, 7) is 3.07. The molecule has 1 aromatic carbocycles. The first kappa shape index (κ1) is 22.9. The van der Waals surface area contributed by atoms with Gasteiger partial charge in [0, 0.05) is 17.5 Å². The minimum absolute atomic E-state index is 0.264. The summed E-state index contributed by atoms with van der Waals surface area (Å²) in [5, 5.41) is 6.88. The molecule has 1 saturated heterocycles. The van der Waals surface area contributed by atoms with Gasteiger partial charge < -0.3 is 10.1 Å². The molecule has 1 amide bonds. The number of hydrogen-bond donors (Lipinski definition) is 1. The van der Waals surface area contributed by atoms with Crippen LogP contribution in [0.2, 0.25) is 0 Å². The number of aromatic nitrogens is 1. The summed E-state index contributed by atoms with van der Waals surface area (Å²) in [5.74, 6) is 0.470. The molecule has 0 aliphatic carbocycles. The fourth-order valence-corrected chi connectivity index (χ4v) is 7.07. The number of carbonyl (C=O) groups is 1. The Balaban J connectivity index is 1.46. The number of thiazole rings is 1. The Kier molecular flexibility index (Phi) is 7.24. The number of benzene rings is 1. The third kappa shape index (κ3) is 5.03. The lowest BCUT2D eigenvalue weighted by Gasteiger charge is -2.32. The molecule has 1 atom stereocenters. The number of hydrogen-bond acceptors (Lipinski definition) is 7. The summed E-state index contributed by atoms with van der Waals surface area (Å²) in [6.07, 6.45) is 3.00. The number of anilines is 1. The maximum atomic E-state index is 13.0. The molecule has 32 heavy (non-hydrogen) atoms. The van der Waals surface area contributed by atoms with E-state index in [0.717, 1.165) is 36.3 Å². The molecule has 1 aliphatic rings. The molecule has 1 aliphatic heterocycles. The van der Waals surface area contributed by atoms with Crippen molar-refractivity contribution in [3.8, 4) is 17.0 Å². The van der Waals surface area contributed by atoms with Gasteiger partial charge in [0.25, 0.3) is 10.0 Å². The fraction of sp³-hybridized carbons (Fsp3) is 0.364. The minimum Gasteiger partial charge on any atom is -0.494 e. The molecule has 3 heterocycles. The topological polar surface area (TPSA) is 88.6 Å². The monoisotopic (exact) mass is 491 g/mol. The maximum absolute atomic E-state index is 13.0. The second-order valence-corrected chi connectivity index (χ2v) is 11.4. The lowest BCUT2D eigenvalue weighted by atomic mass is 10.0. The highest BCUT2D eigenvalue weighted by molar-refractivity contribution is 7.91. The van der Waals surface area contributed by atoms with Crippen LogP contribution in [-0.4, -0.2) is 42.8 Å². The molecule has 0 spiro atoms. The van der Waals surface area contributed by atoms with Gasteiger partial charge in [-0.1, -0.05) is 19.4 Å². The molecule has 4 rings (SSSR count). The molecular formula is C22H25N3O4S3. The van der Waals surface area contributed by atoms with Gasteiger partial charge in [-0.3, -0.25) is 4.79 Å². The van der Waals surface area contributed by atoms with Crippen molar-refractivity contribution in [3.63, 3.8) is 0 Å². The molecule has 3 aromatic rings. The van der Waals surface area contributed by atoms with Crippen molar-refractivity contribution in [2.75, 3.05) is 18.5 Å². The Morgan fingerprint density at radius 1 is 1.22 bits per heavy atom. The number of rotatable bonds is 8. The third-order valence-corrected chi connectivity index (χ3v) is 9.21. The van der Waals surface area contributed by atoms with Crippen LogP contribution in [0, 0.1) is 0 Å². The molecule has 2 aromatic heterocycles. The number of carbonyl (C=O) groups excluding carboxylic acids is 1. The standard InChI is InChI=1S/C22H25N3O4S3/c1-2-13-29-17-10-8-16(9-11-17)18-15-31-22(23-18)24-21(26)19-6-3-4-12-25(19)32(27,28)20-7-5-14-30-20/h5,7-11,14-15,19H,2-4,6,12-13H2,1H3,(H,23,24,26). The Labute approximate surface area is 196 Å². The number of ether oxygens (including phenoxy) is 1. The summed E-state index contributed by atoms with van der Waals surface area (Å²) in [6, 6.07) is 10.2. The molecule has 1 fully saturated rings. The van der Waals surface area contributed by atoms with Gasteiger partial charge in [0.05, 0.1) is 12.3 Å². The number of piperidine rings is 1. The van der Waals surface area contributed by atoms with Crippen molar-refractivity contribution < 1.29 is 17.9 Å². The third-order valence-electron chi connectivity index (χ3n) is 5.17. The first-order chi connectivity index (χ1) is 15.5. The number of thiophene rings is 1.